The number of hydrogen-bond donors (Lipinski definition) is 0. The summed E-state index contributed by atoms with van der Waals surface area (Å²) in [6, 6.07) is 16.1. The SMILES string of the molecule is N#Cc1ccc(N2CC(n3cc(-c4ccccc4)nn3)C2)nc1. The summed E-state index contributed by atoms with van der Waals surface area (Å²) in [6.07, 6.45) is 3.59. The Kier molecular flexibility index (Phi) is 3.24. The summed E-state index contributed by atoms with van der Waals surface area (Å²) in [5, 5.41) is 17.3. The fourth-order valence-electron chi connectivity index (χ4n) is 2.65. The molecule has 1 saturated heterocycles. The third-order valence-corrected chi connectivity index (χ3v) is 4.02. The van der Waals surface area contributed by atoms with Gasteiger partial charge in [-0.15, -0.1) is 5.10 Å². The minimum Gasteiger partial charge on any atom is -0.352 e. The maximum absolute atomic E-state index is 8.80. The quantitative estimate of drug-likeness (QED) is 0.742. The number of nitrogens with zero attached hydrogens (tertiary/aromatic N) is 6. The number of anilines is 1. The van der Waals surface area contributed by atoms with Gasteiger partial charge < -0.3 is 4.90 Å². The second kappa shape index (κ2) is 5.54. The molecule has 0 spiro atoms. The van der Waals surface area contributed by atoms with Crippen molar-refractivity contribution in [3.05, 3.63) is 60.4 Å². The van der Waals surface area contributed by atoms with E-state index >= 15 is 0 Å². The molecule has 1 aromatic carbocycles. The van der Waals surface area contributed by atoms with Crippen LogP contribution in [0, 0.1) is 11.3 Å². The number of pyridine rings is 1. The van der Waals surface area contributed by atoms with Crippen molar-refractivity contribution in [3.63, 3.8) is 0 Å². The van der Waals surface area contributed by atoms with Crippen LogP contribution in [0.25, 0.3) is 11.3 Å². The molecule has 0 amide bonds. The summed E-state index contributed by atoms with van der Waals surface area (Å²) in [4.78, 5) is 6.47. The largest absolute Gasteiger partial charge is 0.352 e. The molecule has 1 aliphatic rings. The first-order chi connectivity index (χ1) is 11.3. The van der Waals surface area contributed by atoms with E-state index in [1.807, 2.05) is 47.3 Å². The van der Waals surface area contributed by atoms with Crippen molar-refractivity contribution in [2.45, 2.75) is 6.04 Å². The second-order valence-corrected chi connectivity index (χ2v) is 5.53. The van der Waals surface area contributed by atoms with Crippen LogP contribution in [0.3, 0.4) is 0 Å². The molecule has 0 atom stereocenters. The first kappa shape index (κ1) is 13.5. The summed E-state index contributed by atoms with van der Waals surface area (Å²) >= 11 is 0. The fraction of sp³-hybridized carbons (Fsp3) is 0.176. The summed E-state index contributed by atoms with van der Waals surface area (Å²) in [5.41, 5.74) is 2.54. The van der Waals surface area contributed by atoms with E-state index in [4.69, 9.17) is 5.26 Å². The fourth-order valence-corrected chi connectivity index (χ4v) is 2.65. The van der Waals surface area contributed by atoms with E-state index < -0.39 is 0 Å². The van der Waals surface area contributed by atoms with Gasteiger partial charge in [-0.1, -0.05) is 35.5 Å². The Labute approximate surface area is 133 Å². The van der Waals surface area contributed by atoms with Crippen molar-refractivity contribution in [3.8, 4) is 17.3 Å². The summed E-state index contributed by atoms with van der Waals surface area (Å²) in [7, 11) is 0. The Hall–Kier alpha value is -3.20. The summed E-state index contributed by atoms with van der Waals surface area (Å²) < 4.78 is 1.92. The predicted molar refractivity (Wildman–Crippen MR) is 85.7 cm³/mol. The number of rotatable bonds is 3. The van der Waals surface area contributed by atoms with Crippen LogP contribution >= 0.6 is 0 Å². The average molecular weight is 302 g/mol. The van der Waals surface area contributed by atoms with E-state index in [9.17, 15) is 0 Å². The molecule has 4 rings (SSSR count). The molecular weight excluding hydrogens is 288 g/mol. The van der Waals surface area contributed by atoms with Gasteiger partial charge in [0, 0.05) is 24.8 Å². The molecule has 6 nitrogen and oxygen atoms in total. The van der Waals surface area contributed by atoms with E-state index in [0.717, 1.165) is 30.2 Å². The van der Waals surface area contributed by atoms with Gasteiger partial charge in [0.25, 0.3) is 0 Å². The number of benzene rings is 1. The van der Waals surface area contributed by atoms with Crippen molar-refractivity contribution in [2.75, 3.05) is 18.0 Å². The molecule has 6 heteroatoms. The number of nitriles is 1. The maximum Gasteiger partial charge on any atom is 0.128 e. The van der Waals surface area contributed by atoms with Crippen molar-refractivity contribution < 1.29 is 0 Å². The lowest BCUT2D eigenvalue weighted by molar-refractivity contribution is 0.359. The van der Waals surface area contributed by atoms with Gasteiger partial charge in [0.15, 0.2) is 0 Å². The maximum atomic E-state index is 8.80. The highest BCUT2D eigenvalue weighted by molar-refractivity contribution is 5.57. The molecule has 0 saturated carbocycles. The third kappa shape index (κ3) is 2.53. The van der Waals surface area contributed by atoms with E-state index in [2.05, 4.69) is 26.3 Å². The molecule has 0 unspecified atom stereocenters. The van der Waals surface area contributed by atoms with Crippen LogP contribution in [0.1, 0.15) is 11.6 Å². The van der Waals surface area contributed by atoms with Crippen LogP contribution in [-0.4, -0.2) is 33.1 Å². The molecule has 2 aromatic heterocycles. The minimum absolute atomic E-state index is 0.303. The van der Waals surface area contributed by atoms with Crippen LogP contribution in [0.2, 0.25) is 0 Å². The molecule has 0 aliphatic carbocycles. The number of hydrogen-bond acceptors (Lipinski definition) is 5. The smallest absolute Gasteiger partial charge is 0.128 e. The molecule has 1 fully saturated rings. The zero-order valence-electron chi connectivity index (χ0n) is 12.4. The van der Waals surface area contributed by atoms with Gasteiger partial charge >= 0.3 is 0 Å². The Balaban J connectivity index is 1.44. The predicted octanol–water partition coefficient (Wildman–Crippen LogP) is 2.27. The second-order valence-electron chi connectivity index (χ2n) is 5.53. The molecule has 3 aromatic rings. The van der Waals surface area contributed by atoms with Gasteiger partial charge in [-0.3, -0.25) is 0 Å². The minimum atomic E-state index is 0.303. The molecule has 23 heavy (non-hydrogen) atoms. The zero-order valence-corrected chi connectivity index (χ0v) is 12.4. The topological polar surface area (TPSA) is 70.6 Å². The lowest BCUT2D eigenvalue weighted by Crippen LogP contribution is -2.48. The van der Waals surface area contributed by atoms with Gasteiger partial charge in [-0.05, 0) is 12.1 Å². The molecule has 0 bridgehead atoms. The molecule has 112 valence electrons. The molecule has 3 heterocycles. The average Bonchev–Trinajstić information content (AvgIpc) is 3.05. The lowest BCUT2D eigenvalue weighted by atomic mass is 10.1. The van der Waals surface area contributed by atoms with Crippen LogP contribution in [0.5, 0.6) is 0 Å². The van der Waals surface area contributed by atoms with E-state index in [-0.39, 0.29) is 0 Å². The van der Waals surface area contributed by atoms with Gasteiger partial charge in [0.05, 0.1) is 17.8 Å². The van der Waals surface area contributed by atoms with E-state index in [1.165, 1.54) is 0 Å². The van der Waals surface area contributed by atoms with Gasteiger partial charge in [-0.25, -0.2) is 9.67 Å². The Morgan fingerprint density at radius 2 is 1.91 bits per heavy atom. The standard InChI is InChI=1S/C17H14N6/c18-8-13-6-7-17(19-9-13)22-10-15(11-22)23-12-16(20-21-23)14-4-2-1-3-5-14/h1-7,9,12,15H,10-11H2. The van der Waals surface area contributed by atoms with Crippen molar-refractivity contribution >= 4 is 5.82 Å². The van der Waals surface area contributed by atoms with Crippen molar-refractivity contribution in [1.29, 1.82) is 5.26 Å². The van der Waals surface area contributed by atoms with Crippen LogP contribution in [0.4, 0.5) is 5.82 Å². The normalized spacial score (nSPS) is 14.3. The first-order valence-corrected chi connectivity index (χ1v) is 7.42. The molecule has 1 aliphatic heterocycles. The Bertz CT molecular complexity index is 841. The summed E-state index contributed by atoms with van der Waals surface area (Å²) in [5.74, 6) is 0.892. The van der Waals surface area contributed by atoms with Crippen molar-refractivity contribution in [2.24, 2.45) is 0 Å². The van der Waals surface area contributed by atoms with Crippen LogP contribution < -0.4 is 4.90 Å². The van der Waals surface area contributed by atoms with E-state index in [0.29, 0.717) is 11.6 Å². The Morgan fingerprint density at radius 3 is 2.61 bits per heavy atom. The lowest BCUT2D eigenvalue weighted by Gasteiger charge is -2.39. The monoisotopic (exact) mass is 302 g/mol. The highest BCUT2D eigenvalue weighted by Gasteiger charge is 2.30. The number of aromatic nitrogens is 4. The van der Waals surface area contributed by atoms with Gasteiger partial charge in [0.2, 0.25) is 0 Å². The highest BCUT2D eigenvalue weighted by atomic mass is 15.5. The first-order valence-electron chi connectivity index (χ1n) is 7.42. The third-order valence-electron chi connectivity index (χ3n) is 4.02. The Morgan fingerprint density at radius 1 is 1.09 bits per heavy atom. The highest BCUT2D eigenvalue weighted by Crippen LogP contribution is 2.27. The molecule has 0 radical (unpaired) electrons. The van der Waals surface area contributed by atoms with E-state index in [1.54, 1.807) is 12.3 Å². The van der Waals surface area contributed by atoms with Gasteiger partial charge in [0.1, 0.15) is 17.6 Å². The van der Waals surface area contributed by atoms with Crippen LogP contribution in [0.15, 0.2) is 54.9 Å². The molecule has 0 N–H and O–H groups in total. The van der Waals surface area contributed by atoms with Gasteiger partial charge in [-0.2, -0.15) is 5.26 Å². The van der Waals surface area contributed by atoms with Crippen molar-refractivity contribution in [1.82, 2.24) is 20.0 Å². The molecular formula is C17H14N6. The summed E-state index contributed by atoms with van der Waals surface area (Å²) in [6.45, 7) is 1.69. The zero-order chi connectivity index (χ0) is 15.6. The van der Waals surface area contributed by atoms with Crippen LogP contribution in [-0.2, 0) is 0 Å².